The van der Waals surface area contributed by atoms with E-state index in [1.807, 2.05) is 0 Å². The van der Waals surface area contributed by atoms with E-state index in [0.717, 1.165) is 0 Å². The fourth-order valence-corrected chi connectivity index (χ4v) is 2.04. The molecule has 1 rings (SSSR count). The fourth-order valence-electron chi connectivity index (χ4n) is 1.24. The molecule has 94 valence electrons. The van der Waals surface area contributed by atoms with Gasteiger partial charge in [-0.15, -0.1) is 0 Å². The lowest BCUT2D eigenvalue weighted by molar-refractivity contribution is 0.0697. The summed E-state index contributed by atoms with van der Waals surface area (Å²) in [5.41, 5.74) is 0.485. The Labute approximate surface area is 100 Å². The molecule has 0 aliphatic rings. The molecular formula is C11H15O5P. The molecular weight excluding hydrogens is 243 g/mol. The topological polar surface area (TPSA) is 61.8 Å². The first kappa shape index (κ1) is 14.1. The number of ketones is 1. The number of hydrogen-bond acceptors (Lipinski definition) is 5. The Hall–Kier alpha value is -1.00. The number of rotatable bonds is 6. The molecule has 0 bridgehead atoms. The molecule has 1 atom stereocenters. The Morgan fingerprint density at radius 3 is 2.18 bits per heavy atom. The van der Waals surface area contributed by atoms with E-state index in [1.54, 1.807) is 30.3 Å². The second-order valence-electron chi connectivity index (χ2n) is 3.29. The van der Waals surface area contributed by atoms with Crippen LogP contribution < -0.4 is 0 Å². The molecule has 0 aromatic heterocycles. The van der Waals surface area contributed by atoms with Crippen LogP contribution in [0.25, 0.3) is 0 Å². The summed E-state index contributed by atoms with van der Waals surface area (Å²) in [6.45, 7) is 1.50. The number of hydrogen-bond donors (Lipinski definition) is 0. The Morgan fingerprint density at radius 2 is 1.71 bits per heavy atom. The van der Waals surface area contributed by atoms with Crippen LogP contribution in [0.15, 0.2) is 30.3 Å². The predicted octanol–water partition coefficient (Wildman–Crippen LogP) is 2.68. The van der Waals surface area contributed by atoms with E-state index in [1.165, 1.54) is 21.1 Å². The highest BCUT2D eigenvalue weighted by molar-refractivity contribution is 7.48. The molecule has 0 aliphatic heterocycles. The SMILES string of the molecule is COP(=O)(OC)OC(C)C(=O)c1ccccc1. The molecule has 0 saturated heterocycles. The Morgan fingerprint density at radius 1 is 1.18 bits per heavy atom. The lowest BCUT2D eigenvalue weighted by Gasteiger charge is -2.17. The molecule has 1 unspecified atom stereocenters. The maximum atomic E-state index is 11.9. The standard InChI is InChI=1S/C11H15O5P/c1-9(16-17(13,14-2)15-3)11(12)10-7-5-4-6-8-10/h4-9H,1-3H3. The second-order valence-corrected chi connectivity index (χ2v) is 5.13. The van der Waals surface area contributed by atoms with Crippen molar-refractivity contribution in [3.63, 3.8) is 0 Å². The van der Waals surface area contributed by atoms with Crippen molar-refractivity contribution in [3.8, 4) is 0 Å². The summed E-state index contributed by atoms with van der Waals surface area (Å²) in [5, 5.41) is 0. The van der Waals surface area contributed by atoms with Gasteiger partial charge in [0.1, 0.15) is 6.10 Å². The third kappa shape index (κ3) is 3.75. The zero-order valence-corrected chi connectivity index (χ0v) is 10.8. The molecule has 0 radical (unpaired) electrons. The minimum Gasteiger partial charge on any atom is -0.291 e. The minimum absolute atomic E-state index is 0.278. The first-order valence-corrected chi connectivity index (χ1v) is 6.47. The molecule has 0 spiro atoms. The lowest BCUT2D eigenvalue weighted by atomic mass is 10.1. The molecule has 1 aromatic carbocycles. The van der Waals surface area contributed by atoms with E-state index >= 15 is 0 Å². The van der Waals surface area contributed by atoms with E-state index in [0.29, 0.717) is 5.56 Å². The van der Waals surface area contributed by atoms with Gasteiger partial charge in [0, 0.05) is 19.8 Å². The van der Waals surface area contributed by atoms with Crippen molar-refractivity contribution >= 4 is 13.6 Å². The van der Waals surface area contributed by atoms with Gasteiger partial charge in [-0.2, -0.15) is 0 Å². The van der Waals surface area contributed by atoms with Gasteiger partial charge in [0.05, 0.1) is 0 Å². The van der Waals surface area contributed by atoms with Gasteiger partial charge in [0.15, 0.2) is 5.78 Å². The van der Waals surface area contributed by atoms with Crippen LogP contribution in [0.1, 0.15) is 17.3 Å². The first-order valence-electron chi connectivity index (χ1n) is 5.01. The molecule has 5 nitrogen and oxygen atoms in total. The van der Waals surface area contributed by atoms with Crippen LogP contribution in [-0.2, 0) is 18.1 Å². The third-order valence-electron chi connectivity index (χ3n) is 2.16. The smallest absolute Gasteiger partial charge is 0.291 e. The number of carbonyl (C=O) groups excluding carboxylic acids is 1. The summed E-state index contributed by atoms with van der Waals surface area (Å²) < 4.78 is 25.9. The van der Waals surface area contributed by atoms with E-state index in [-0.39, 0.29) is 5.78 Å². The summed E-state index contributed by atoms with van der Waals surface area (Å²) in [4.78, 5) is 11.9. The minimum atomic E-state index is -3.63. The predicted molar refractivity (Wildman–Crippen MR) is 62.9 cm³/mol. The highest BCUT2D eigenvalue weighted by Gasteiger charge is 2.29. The van der Waals surface area contributed by atoms with Crippen molar-refractivity contribution in [3.05, 3.63) is 35.9 Å². The monoisotopic (exact) mass is 258 g/mol. The zero-order valence-electron chi connectivity index (χ0n) is 9.95. The van der Waals surface area contributed by atoms with Crippen LogP contribution in [0.2, 0.25) is 0 Å². The molecule has 17 heavy (non-hydrogen) atoms. The molecule has 0 amide bonds. The zero-order chi connectivity index (χ0) is 12.9. The fraction of sp³-hybridized carbons (Fsp3) is 0.364. The van der Waals surface area contributed by atoms with Crippen LogP contribution >= 0.6 is 7.82 Å². The van der Waals surface area contributed by atoms with E-state index in [4.69, 9.17) is 4.52 Å². The van der Waals surface area contributed by atoms with E-state index in [9.17, 15) is 9.36 Å². The number of carbonyl (C=O) groups is 1. The quantitative estimate of drug-likeness (QED) is 0.580. The van der Waals surface area contributed by atoms with Crippen molar-refractivity contribution in [1.29, 1.82) is 0 Å². The summed E-state index contributed by atoms with van der Waals surface area (Å²) in [6.07, 6.45) is -0.900. The van der Waals surface area contributed by atoms with Crippen molar-refractivity contribution in [2.24, 2.45) is 0 Å². The van der Waals surface area contributed by atoms with Crippen molar-refractivity contribution in [2.45, 2.75) is 13.0 Å². The van der Waals surface area contributed by atoms with Gasteiger partial charge in [-0.3, -0.25) is 18.4 Å². The highest BCUT2D eigenvalue weighted by atomic mass is 31.2. The van der Waals surface area contributed by atoms with Crippen molar-refractivity contribution in [1.82, 2.24) is 0 Å². The van der Waals surface area contributed by atoms with E-state index in [2.05, 4.69) is 9.05 Å². The molecule has 0 fully saturated rings. The second kappa shape index (κ2) is 6.07. The molecule has 1 aromatic rings. The summed E-state index contributed by atoms with van der Waals surface area (Å²) >= 11 is 0. The Bertz CT molecular complexity index is 409. The largest absolute Gasteiger partial charge is 0.474 e. The average molecular weight is 258 g/mol. The number of phosphoric acid groups is 1. The van der Waals surface area contributed by atoms with Crippen LogP contribution in [0.5, 0.6) is 0 Å². The van der Waals surface area contributed by atoms with Crippen molar-refractivity contribution in [2.75, 3.05) is 14.2 Å². The van der Waals surface area contributed by atoms with Gasteiger partial charge in [-0.1, -0.05) is 30.3 Å². The Kier molecular flexibility index (Phi) is 5.02. The normalized spacial score (nSPS) is 13.4. The first-order chi connectivity index (χ1) is 8.02. The number of phosphoric ester groups is 1. The lowest BCUT2D eigenvalue weighted by Crippen LogP contribution is -2.20. The summed E-state index contributed by atoms with van der Waals surface area (Å²) in [7, 11) is -1.24. The van der Waals surface area contributed by atoms with Gasteiger partial charge in [-0.25, -0.2) is 4.57 Å². The Balaban J connectivity index is 2.75. The van der Waals surface area contributed by atoms with Crippen LogP contribution in [0.4, 0.5) is 0 Å². The maximum absolute atomic E-state index is 11.9. The van der Waals surface area contributed by atoms with Gasteiger partial charge >= 0.3 is 7.82 Å². The summed E-state index contributed by atoms with van der Waals surface area (Å²) in [5.74, 6) is -0.278. The molecule has 0 aliphatic carbocycles. The third-order valence-corrected chi connectivity index (χ3v) is 3.63. The average Bonchev–Trinajstić information content (AvgIpc) is 2.38. The van der Waals surface area contributed by atoms with Gasteiger partial charge in [-0.05, 0) is 6.92 Å². The number of Topliss-reactive ketones (excluding diaryl/α,β-unsaturated/α-hetero) is 1. The number of benzene rings is 1. The molecule has 0 heterocycles. The van der Waals surface area contributed by atoms with Crippen LogP contribution in [0, 0.1) is 0 Å². The molecule has 0 N–H and O–H groups in total. The molecule has 0 saturated carbocycles. The van der Waals surface area contributed by atoms with E-state index < -0.39 is 13.9 Å². The molecule has 6 heteroatoms. The van der Waals surface area contributed by atoms with Gasteiger partial charge in [0.25, 0.3) is 0 Å². The van der Waals surface area contributed by atoms with Crippen molar-refractivity contribution < 1.29 is 22.9 Å². The summed E-state index contributed by atoms with van der Waals surface area (Å²) in [6, 6.07) is 8.61. The van der Waals surface area contributed by atoms with Gasteiger partial charge < -0.3 is 0 Å². The van der Waals surface area contributed by atoms with Crippen LogP contribution in [-0.4, -0.2) is 26.1 Å². The van der Waals surface area contributed by atoms with Gasteiger partial charge in [0.2, 0.25) is 0 Å². The highest BCUT2D eigenvalue weighted by Crippen LogP contribution is 2.48. The maximum Gasteiger partial charge on any atom is 0.474 e. The van der Waals surface area contributed by atoms with Crippen LogP contribution in [0.3, 0.4) is 0 Å².